The second kappa shape index (κ2) is 6.92. The highest BCUT2D eigenvalue weighted by atomic mass is 16.5. The van der Waals surface area contributed by atoms with Gasteiger partial charge in [0, 0.05) is 41.6 Å². The van der Waals surface area contributed by atoms with Crippen LogP contribution in [0.15, 0.2) is 72.9 Å². The zero-order valence-electron chi connectivity index (χ0n) is 18.1. The van der Waals surface area contributed by atoms with Gasteiger partial charge >= 0.3 is 0 Å². The fourth-order valence-corrected chi connectivity index (χ4v) is 4.83. The highest BCUT2D eigenvalue weighted by Crippen LogP contribution is 2.45. The summed E-state index contributed by atoms with van der Waals surface area (Å²) in [5.41, 5.74) is 12.7. The Morgan fingerprint density at radius 1 is 0.939 bits per heavy atom. The molecule has 7 heteroatoms. The Morgan fingerprint density at radius 2 is 1.67 bits per heavy atom. The fourth-order valence-electron chi connectivity index (χ4n) is 4.83. The number of benzene rings is 2. The summed E-state index contributed by atoms with van der Waals surface area (Å²) >= 11 is 0. The molecule has 0 amide bonds. The van der Waals surface area contributed by atoms with E-state index in [0.717, 1.165) is 50.3 Å². The minimum absolute atomic E-state index is 0.118. The average molecular weight is 438 g/mol. The van der Waals surface area contributed by atoms with E-state index in [2.05, 4.69) is 28.3 Å². The lowest BCUT2D eigenvalue weighted by Crippen LogP contribution is -2.59. The van der Waals surface area contributed by atoms with Crippen molar-refractivity contribution in [1.82, 2.24) is 19.6 Å². The van der Waals surface area contributed by atoms with Gasteiger partial charge in [-0.15, -0.1) is 0 Å². The molecule has 0 unspecified atom stereocenters. The summed E-state index contributed by atoms with van der Waals surface area (Å²) in [6.45, 7) is 1.94. The lowest BCUT2D eigenvalue weighted by atomic mass is 9.68. The number of rotatable bonds is 3. The summed E-state index contributed by atoms with van der Waals surface area (Å²) in [5, 5.41) is 25.0. The van der Waals surface area contributed by atoms with E-state index in [1.807, 2.05) is 61.7 Å². The van der Waals surface area contributed by atoms with Crippen molar-refractivity contribution in [2.45, 2.75) is 31.1 Å². The largest absolute Gasteiger partial charge is 0.365 e. The van der Waals surface area contributed by atoms with E-state index < -0.39 is 11.3 Å². The van der Waals surface area contributed by atoms with Crippen LogP contribution < -0.4 is 5.73 Å². The van der Waals surface area contributed by atoms with E-state index in [1.54, 1.807) is 4.52 Å². The SMILES string of the molecule is Cc1cc2ncc3cc(-c4ccccc4)c(-c4ccc(C5(N)CC(O)(O)C5)cc4)nc3n2n1. The van der Waals surface area contributed by atoms with Gasteiger partial charge in [0.05, 0.1) is 16.9 Å². The number of aliphatic hydroxyl groups is 2. The minimum Gasteiger partial charge on any atom is -0.365 e. The maximum Gasteiger partial charge on any atom is 0.166 e. The van der Waals surface area contributed by atoms with Crippen LogP contribution in [0.2, 0.25) is 0 Å². The Kier molecular flexibility index (Phi) is 4.19. The maximum atomic E-state index is 9.75. The van der Waals surface area contributed by atoms with Crippen LogP contribution in [0.1, 0.15) is 24.1 Å². The van der Waals surface area contributed by atoms with Crippen molar-refractivity contribution < 1.29 is 10.2 Å². The van der Waals surface area contributed by atoms with Gasteiger partial charge in [-0.05, 0) is 24.1 Å². The molecule has 0 saturated heterocycles. The van der Waals surface area contributed by atoms with Crippen molar-refractivity contribution in [3.8, 4) is 22.4 Å². The van der Waals surface area contributed by atoms with Crippen LogP contribution in [-0.2, 0) is 5.54 Å². The molecule has 1 aliphatic carbocycles. The highest BCUT2D eigenvalue weighted by molar-refractivity contribution is 5.90. The molecule has 7 nitrogen and oxygen atoms in total. The van der Waals surface area contributed by atoms with Crippen LogP contribution in [0, 0.1) is 6.92 Å². The van der Waals surface area contributed by atoms with Crippen molar-refractivity contribution in [3.05, 3.63) is 84.2 Å². The third kappa shape index (κ3) is 3.29. The van der Waals surface area contributed by atoms with Crippen molar-refractivity contribution in [2.24, 2.45) is 5.73 Å². The van der Waals surface area contributed by atoms with Crippen molar-refractivity contribution in [1.29, 1.82) is 0 Å². The molecule has 1 fully saturated rings. The zero-order valence-corrected chi connectivity index (χ0v) is 18.1. The fraction of sp³-hybridized carbons (Fsp3) is 0.192. The highest BCUT2D eigenvalue weighted by Gasteiger charge is 2.51. The Labute approximate surface area is 190 Å². The Morgan fingerprint density at radius 3 is 2.36 bits per heavy atom. The van der Waals surface area contributed by atoms with Crippen LogP contribution in [0.5, 0.6) is 0 Å². The van der Waals surface area contributed by atoms with E-state index in [4.69, 9.17) is 10.7 Å². The van der Waals surface area contributed by atoms with E-state index in [1.165, 1.54) is 0 Å². The topological polar surface area (TPSA) is 110 Å². The second-order valence-electron chi connectivity index (χ2n) is 9.05. The third-order valence-corrected chi connectivity index (χ3v) is 6.40. The van der Waals surface area contributed by atoms with Gasteiger partial charge in [0.2, 0.25) is 0 Å². The molecule has 6 rings (SSSR count). The first-order valence-corrected chi connectivity index (χ1v) is 10.9. The Balaban J connectivity index is 1.53. The van der Waals surface area contributed by atoms with Gasteiger partial charge < -0.3 is 15.9 Å². The number of pyridine rings is 1. The third-order valence-electron chi connectivity index (χ3n) is 6.40. The lowest BCUT2D eigenvalue weighted by Gasteiger charge is -2.48. The predicted molar refractivity (Wildman–Crippen MR) is 126 cm³/mol. The normalized spacial score (nSPS) is 16.7. The summed E-state index contributed by atoms with van der Waals surface area (Å²) in [7, 11) is 0. The number of hydrogen-bond acceptors (Lipinski definition) is 6. The molecule has 1 saturated carbocycles. The average Bonchev–Trinajstić information content (AvgIpc) is 3.18. The van der Waals surface area contributed by atoms with Gasteiger partial charge in [0.25, 0.3) is 0 Å². The number of nitrogens with two attached hydrogens (primary N) is 1. The van der Waals surface area contributed by atoms with Gasteiger partial charge in [-0.1, -0.05) is 54.6 Å². The van der Waals surface area contributed by atoms with Crippen LogP contribution in [-0.4, -0.2) is 35.6 Å². The Hall–Kier alpha value is -3.65. The molecule has 0 spiro atoms. The smallest absolute Gasteiger partial charge is 0.166 e. The first-order valence-electron chi connectivity index (χ1n) is 10.9. The molecule has 3 aromatic heterocycles. The minimum atomic E-state index is -1.69. The molecule has 1 aliphatic rings. The van der Waals surface area contributed by atoms with Gasteiger partial charge in [0.15, 0.2) is 17.1 Å². The van der Waals surface area contributed by atoms with Crippen molar-refractivity contribution in [2.75, 3.05) is 0 Å². The Bertz CT molecular complexity index is 1500. The molecular formula is C26H23N5O2. The summed E-state index contributed by atoms with van der Waals surface area (Å²) in [6, 6.07) is 22.1. The van der Waals surface area contributed by atoms with E-state index >= 15 is 0 Å². The molecule has 33 heavy (non-hydrogen) atoms. The van der Waals surface area contributed by atoms with Crippen molar-refractivity contribution >= 4 is 16.7 Å². The molecular weight excluding hydrogens is 414 g/mol. The first kappa shape index (κ1) is 20.0. The number of aromatic nitrogens is 4. The van der Waals surface area contributed by atoms with Gasteiger partial charge in [-0.3, -0.25) is 0 Å². The van der Waals surface area contributed by atoms with E-state index in [9.17, 15) is 10.2 Å². The van der Waals surface area contributed by atoms with E-state index in [-0.39, 0.29) is 12.8 Å². The van der Waals surface area contributed by atoms with Crippen LogP contribution in [0.4, 0.5) is 0 Å². The summed E-state index contributed by atoms with van der Waals surface area (Å²) in [5.74, 6) is -1.69. The molecule has 0 radical (unpaired) electrons. The standard InChI is InChI=1S/C26H23N5O2/c1-16-11-22-28-13-19-12-21(17-5-3-2-4-6-17)23(29-24(19)31(22)30-16)18-7-9-20(10-8-18)25(27)14-26(32,33)15-25/h2-13,32-33H,14-15,27H2,1H3. The predicted octanol–water partition coefficient (Wildman–Crippen LogP) is 3.55. The summed E-state index contributed by atoms with van der Waals surface area (Å²) in [6.07, 6.45) is 2.07. The number of hydrogen-bond donors (Lipinski definition) is 3. The maximum absolute atomic E-state index is 9.75. The monoisotopic (exact) mass is 437 g/mol. The van der Waals surface area contributed by atoms with Gasteiger partial charge in [-0.2, -0.15) is 9.61 Å². The quantitative estimate of drug-likeness (QED) is 0.373. The molecule has 0 atom stereocenters. The van der Waals surface area contributed by atoms with Crippen LogP contribution >= 0.6 is 0 Å². The number of fused-ring (bicyclic) bond motifs is 3. The van der Waals surface area contributed by atoms with Gasteiger partial charge in [0.1, 0.15) is 0 Å². The van der Waals surface area contributed by atoms with Crippen LogP contribution in [0.3, 0.4) is 0 Å². The summed E-state index contributed by atoms with van der Waals surface area (Å²) in [4.78, 5) is 9.60. The van der Waals surface area contributed by atoms with Crippen molar-refractivity contribution in [3.63, 3.8) is 0 Å². The van der Waals surface area contributed by atoms with Crippen LogP contribution in [0.25, 0.3) is 39.1 Å². The molecule has 3 heterocycles. The number of nitrogens with zero attached hydrogens (tertiary/aromatic N) is 4. The van der Waals surface area contributed by atoms with Gasteiger partial charge in [-0.25, -0.2) is 9.97 Å². The molecule has 2 aromatic carbocycles. The molecule has 0 aliphatic heterocycles. The zero-order chi connectivity index (χ0) is 22.8. The molecule has 5 aromatic rings. The second-order valence-corrected chi connectivity index (χ2v) is 9.05. The lowest BCUT2D eigenvalue weighted by molar-refractivity contribution is -0.244. The molecule has 164 valence electrons. The number of aryl methyl sites for hydroxylation is 1. The first-order chi connectivity index (χ1) is 15.8. The van der Waals surface area contributed by atoms with E-state index in [0.29, 0.717) is 0 Å². The molecule has 0 bridgehead atoms. The summed E-state index contributed by atoms with van der Waals surface area (Å²) < 4.78 is 1.78. The molecule has 4 N–H and O–H groups in total.